The number of carbonyl (C=O) groups is 1. The fraction of sp³-hybridized carbons (Fsp3) is 0.476. The number of allylic oxidation sites excluding steroid dienone is 9. The molecule has 1 rings (SSSR count). The van der Waals surface area contributed by atoms with E-state index >= 15 is 0 Å². The summed E-state index contributed by atoms with van der Waals surface area (Å²) in [6.45, 7) is 12.4. The zero-order chi connectivity index (χ0) is 17.8. The van der Waals surface area contributed by atoms with Crippen LogP contribution in [0.3, 0.4) is 0 Å². The molecule has 0 bridgehead atoms. The predicted octanol–water partition coefficient (Wildman–Crippen LogP) is 6.24. The first-order valence-electron chi connectivity index (χ1n) is 8.54. The fourth-order valence-electron chi connectivity index (χ4n) is 2.57. The topological polar surface area (TPSA) is 37.3 Å². The summed E-state index contributed by atoms with van der Waals surface area (Å²) in [5, 5.41) is 8.63. The van der Waals surface area contributed by atoms with Gasteiger partial charge in [0.05, 0.1) is 0 Å². The number of carboxylic acid groups (broad SMARTS) is 1. The van der Waals surface area contributed by atoms with Crippen molar-refractivity contribution in [2.24, 2.45) is 5.92 Å². The van der Waals surface area contributed by atoms with E-state index in [1.807, 2.05) is 26.0 Å². The molecule has 0 spiro atoms. The number of aliphatic carboxylic acids is 1. The fourth-order valence-corrected chi connectivity index (χ4v) is 2.57. The average Bonchev–Trinajstić information content (AvgIpc) is 2.48. The third-order valence-corrected chi connectivity index (χ3v) is 3.81. The Morgan fingerprint density at radius 1 is 1.17 bits per heavy atom. The Kier molecular flexibility index (Phi) is 10.8. The Morgan fingerprint density at radius 2 is 1.83 bits per heavy atom. The summed E-state index contributed by atoms with van der Waals surface area (Å²) in [4.78, 5) is 10.5. The van der Waals surface area contributed by atoms with E-state index in [9.17, 15) is 4.79 Å². The third-order valence-electron chi connectivity index (χ3n) is 3.81. The lowest BCUT2D eigenvalue weighted by molar-refractivity contribution is -0.131. The van der Waals surface area contributed by atoms with Gasteiger partial charge in [-0.05, 0) is 57.1 Å². The van der Waals surface area contributed by atoms with E-state index in [2.05, 4.69) is 32.9 Å². The lowest BCUT2D eigenvalue weighted by atomic mass is 9.84. The molecule has 23 heavy (non-hydrogen) atoms. The van der Waals surface area contributed by atoms with Gasteiger partial charge in [0.2, 0.25) is 0 Å². The second-order valence-corrected chi connectivity index (χ2v) is 5.86. The van der Waals surface area contributed by atoms with Crippen LogP contribution in [-0.2, 0) is 4.79 Å². The molecule has 1 N–H and O–H groups in total. The second kappa shape index (κ2) is 11.7. The average molecular weight is 316 g/mol. The van der Waals surface area contributed by atoms with Gasteiger partial charge in [-0.1, -0.05) is 62.3 Å². The SMILES string of the molecule is CC.CC1=C(/C=C/C(C)=C/C=C/C(C)=C\C(=O)O)C(C)CCC1. The van der Waals surface area contributed by atoms with Gasteiger partial charge >= 0.3 is 5.97 Å². The van der Waals surface area contributed by atoms with Crippen molar-refractivity contribution < 1.29 is 9.90 Å². The van der Waals surface area contributed by atoms with Gasteiger partial charge < -0.3 is 5.11 Å². The molecule has 0 amide bonds. The molecule has 0 aromatic rings. The summed E-state index contributed by atoms with van der Waals surface area (Å²) >= 11 is 0. The molecule has 0 saturated heterocycles. The maximum atomic E-state index is 10.5. The second-order valence-electron chi connectivity index (χ2n) is 5.86. The van der Waals surface area contributed by atoms with Crippen LogP contribution in [0.2, 0.25) is 0 Å². The Balaban J connectivity index is 0.00000232. The molecule has 0 aromatic heterocycles. The Bertz CT molecular complexity index is 528. The molecule has 0 aromatic carbocycles. The van der Waals surface area contributed by atoms with Crippen LogP contribution in [0, 0.1) is 5.92 Å². The van der Waals surface area contributed by atoms with Crippen LogP contribution in [0.4, 0.5) is 0 Å². The molecule has 1 aliphatic carbocycles. The van der Waals surface area contributed by atoms with Crippen molar-refractivity contribution in [3.8, 4) is 0 Å². The minimum Gasteiger partial charge on any atom is -0.478 e. The van der Waals surface area contributed by atoms with Gasteiger partial charge in [-0.3, -0.25) is 0 Å². The predicted molar refractivity (Wildman–Crippen MR) is 100 cm³/mol. The van der Waals surface area contributed by atoms with E-state index < -0.39 is 5.97 Å². The molecular formula is C21H32O2. The maximum Gasteiger partial charge on any atom is 0.328 e. The molecule has 1 unspecified atom stereocenters. The zero-order valence-electron chi connectivity index (χ0n) is 15.5. The van der Waals surface area contributed by atoms with Crippen LogP contribution in [0.15, 0.2) is 58.7 Å². The largest absolute Gasteiger partial charge is 0.478 e. The first-order valence-corrected chi connectivity index (χ1v) is 8.54. The van der Waals surface area contributed by atoms with Crippen LogP contribution in [0.25, 0.3) is 0 Å². The van der Waals surface area contributed by atoms with E-state index in [4.69, 9.17) is 5.11 Å². The molecule has 1 aliphatic rings. The zero-order valence-corrected chi connectivity index (χ0v) is 15.5. The molecule has 0 saturated carbocycles. The highest BCUT2D eigenvalue weighted by molar-refractivity contribution is 5.81. The highest BCUT2D eigenvalue weighted by atomic mass is 16.4. The van der Waals surface area contributed by atoms with Crippen LogP contribution in [0.5, 0.6) is 0 Å². The number of rotatable bonds is 5. The van der Waals surface area contributed by atoms with Crippen molar-refractivity contribution in [1.29, 1.82) is 0 Å². The van der Waals surface area contributed by atoms with Crippen LogP contribution in [0.1, 0.15) is 60.8 Å². The van der Waals surface area contributed by atoms with Gasteiger partial charge in [-0.25, -0.2) is 4.79 Å². The van der Waals surface area contributed by atoms with Crippen molar-refractivity contribution in [1.82, 2.24) is 0 Å². The lowest BCUT2D eigenvalue weighted by Crippen LogP contribution is -2.06. The van der Waals surface area contributed by atoms with Crippen LogP contribution < -0.4 is 0 Å². The van der Waals surface area contributed by atoms with Crippen molar-refractivity contribution in [3.05, 3.63) is 58.7 Å². The molecule has 0 heterocycles. The molecule has 2 nitrogen and oxygen atoms in total. The normalized spacial score (nSPS) is 20.0. The van der Waals surface area contributed by atoms with Crippen LogP contribution >= 0.6 is 0 Å². The molecule has 0 aliphatic heterocycles. The highest BCUT2D eigenvalue weighted by Crippen LogP contribution is 2.30. The minimum atomic E-state index is -0.911. The standard InChI is InChI=1S/C19H26O2.C2H6/c1-14(7-5-8-15(2)13-19(20)21)11-12-18-16(3)9-6-10-17(18)4;1-2/h5,7-8,11-13,16H,6,9-10H2,1-4H3,(H,20,21);1-2H3/b8-5+,12-11+,14-7+,15-13-;. The van der Waals surface area contributed by atoms with E-state index in [0.29, 0.717) is 5.92 Å². The summed E-state index contributed by atoms with van der Waals surface area (Å²) in [6.07, 6.45) is 15.1. The lowest BCUT2D eigenvalue weighted by Gasteiger charge is -2.22. The third kappa shape index (κ3) is 9.02. The Morgan fingerprint density at radius 3 is 2.39 bits per heavy atom. The molecule has 2 heteroatoms. The number of hydrogen-bond acceptors (Lipinski definition) is 1. The van der Waals surface area contributed by atoms with Gasteiger partial charge in [0, 0.05) is 6.08 Å². The Hall–Kier alpha value is -1.83. The first kappa shape index (κ1) is 21.2. The van der Waals surface area contributed by atoms with Crippen molar-refractivity contribution in [3.63, 3.8) is 0 Å². The van der Waals surface area contributed by atoms with Gasteiger partial charge in [0.1, 0.15) is 0 Å². The van der Waals surface area contributed by atoms with Gasteiger partial charge in [0.15, 0.2) is 0 Å². The summed E-state index contributed by atoms with van der Waals surface area (Å²) in [6, 6.07) is 0. The minimum absolute atomic E-state index is 0.652. The summed E-state index contributed by atoms with van der Waals surface area (Å²) in [5.41, 5.74) is 4.87. The van der Waals surface area contributed by atoms with E-state index in [-0.39, 0.29) is 0 Å². The molecule has 0 radical (unpaired) electrons. The van der Waals surface area contributed by atoms with Gasteiger partial charge in [-0.15, -0.1) is 0 Å². The van der Waals surface area contributed by atoms with Crippen molar-refractivity contribution in [2.75, 3.05) is 0 Å². The van der Waals surface area contributed by atoms with E-state index in [1.54, 1.807) is 13.0 Å². The molecular weight excluding hydrogens is 284 g/mol. The van der Waals surface area contributed by atoms with Gasteiger partial charge in [0.25, 0.3) is 0 Å². The van der Waals surface area contributed by atoms with E-state index in [0.717, 1.165) is 11.1 Å². The smallest absolute Gasteiger partial charge is 0.328 e. The van der Waals surface area contributed by atoms with Gasteiger partial charge in [-0.2, -0.15) is 0 Å². The number of carboxylic acids is 1. The first-order chi connectivity index (χ1) is 10.9. The van der Waals surface area contributed by atoms with Crippen LogP contribution in [-0.4, -0.2) is 11.1 Å². The molecule has 128 valence electrons. The molecule has 0 fully saturated rings. The maximum absolute atomic E-state index is 10.5. The monoisotopic (exact) mass is 316 g/mol. The van der Waals surface area contributed by atoms with E-state index in [1.165, 1.54) is 36.5 Å². The Labute approximate surface area is 142 Å². The van der Waals surface area contributed by atoms with Crippen molar-refractivity contribution in [2.45, 2.75) is 60.8 Å². The van der Waals surface area contributed by atoms with Crippen molar-refractivity contribution >= 4 is 5.97 Å². The highest BCUT2D eigenvalue weighted by Gasteiger charge is 2.14. The summed E-state index contributed by atoms with van der Waals surface area (Å²) < 4.78 is 0. The molecule has 1 atom stereocenters. The summed E-state index contributed by atoms with van der Waals surface area (Å²) in [5.74, 6) is -0.259. The summed E-state index contributed by atoms with van der Waals surface area (Å²) in [7, 11) is 0. The quantitative estimate of drug-likeness (QED) is 0.481. The number of hydrogen-bond donors (Lipinski definition) is 1.